The number of aromatic nitrogens is 3. The van der Waals surface area contributed by atoms with Gasteiger partial charge in [-0.05, 0) is 25.5 Å². The second kappa shape index (κ2) is 10.4. The molecule has 0 saturated carbocycles. The number of thiazole rings is 1. The molecule has 0 spiro atoms. The van der Waals surface area contributed by atoms with Crippen LogP contribution in [0.4, 0.5) is 22.5 Å². The van der Waals surface area contributed by atoms with Gasteiger partial charge in [0.2, 0.25) is 0 Å². The predicted octanol–water partition coefficient (Wildman–Crippen LogP) is 3.31. The summed E-state index contributed by atoms with van der Waals surface area (Å²) in [5.74, 6) is 1.79. The number of hydrogen-bond acceptors (Lipinski definition) is 9. The van der Waals surface area contributed by atoms with Gasteiger partial charge in [-0.1, -0.05) is 23.7 Å². The first-order valence-electron chi connectivity index (χ1n) is 10.7. The van der Waals surface area contributed by atoms with Crippen molar-refractivity contribution < 1.29 is 9.90 Å². The van der Waals surface area contributed by atoms with Gasteiger partial charge in [0.25, 0.3) is 5.91 Å². The Morgan fingerprint density at radius 1 is 1.18 bits per heavy atom. The number of benzene rings is 1. The minimum Gasteiger partial charge on any atom is -0.395 e. The van der Waals surface area contributed by atoms with Gasteiger partial charge in [-0.3, -0.25) is 9.69 Å². The highest BCUT2D eigenvalue weighted by atomic mass is 35.5. The Labute approximate surface area is 201 Å². The number of aliphatic hydroxyl groups is 1. The number of rotatable bonds is 7. The van der Waals surface area contributed by atoms with Crippen molar-refractivity contribution in [1.29, 1.82) is 0 Å². The van der Waals surface area contributed by atoms with Crippen molar-refractivity contribution in [2.75, 3.05) is 54.9 Å². The number of β-amino-alcohol motifs (C(OH)–C–C–N with tert-alkyl or cyclic N) is 1. The Balaban J connectivity index is 1.43. The fourth-order valence-electron chi connectivity index (χ4n) is 3.63. The van der Waals surface area contributed by atoms with Crippen LogP contribution in [0, 0.1) is 13.8 Å². The third-order valence-corrected chi connectivity index (χ3v) is 6.44. The van der Waals surface area contributed by atoms with Gasteiger partial charge in [-0.15, -0.1) is 11.3 Å². The first-order chi connectivity index (χ1) is 15.9. The van der Waals surface area contributed by atoms with Crippen LogP contribution in [0.25, 0.3) is 0 Å². The molecule has 1 amide bonds. The summed E-state index contributed by atoms with van der Waals surface area (Å²) in [5, 5.41) is 17.9. The van der Waals surface area contributed by atoms with Crippen molar-refractivity contribution in [1.82, 2.24) is 19.9 Å². The minimum absolute atomic E-state index is 0.173. The molecule has 11 heteroatoms. The standard InChI is InChI=1S/C22H26ClN7O2S/c1-14-4-3-5-16(23)20(14)28-21(32)17-13-33-22(26-17)27-18-12-19(25-15(2)24-18)30-8-6-29(7-9-30)10-11-31/h3-5,12-13,31H,6-11H2,1-2H3,(H,28,32)(H,24,25,26,27). The molecule has 1 aliphatic heterocycles. The number of anilines is 4. The fraction of sp³-hybridized carbons (Fsp3) is 0.364. The number of carbonyl (C=O) groups excluding carboxylic acids is 1. The van der Waals surface area contributed by atoms with Crippen molar-refractivity contribution in [2.45, 2.75) is 13.8 Å². The molecule has 2 aromatic heterocycles. The zero-order chi connectivity index (χ0) is 23.4. The number of aliphatic hydroxyl groups excluding tert-OH is 1. The molecule has 0 unspecified atom stereocenters. The molecule has 3 aromatic rings. The molecule has 1 fully saturated rings. The van der Waals surface area contributed by atoms with Crippen LogP contribution in [-0.2, 0) is 0 Å². The maximum Gasteiger partial charge on any atom is 0.275 e. The molecular formula is C22H26ClN7O2S. The van der Waals surface area contributed by atoms with Crippen LogP contribution in [0.3, 0.4) is 0 Å². The molecule has 0 bridgehead atoms. The second-order valence-electron chi connectivity index (χ2n) is 7.76. The Bertz CT molecular complexity index is 1110. The molecule has 0 atom stereocenters. The summed E-state index contributed by atoms with van der Waals surface area (Å²) in [6.45, 7) is 8.02. The van der Waals surface area contributed by atoms with Gasteiger partial charge in [0.15, 0.2) is 5.13 Å². The minimum atomic E-state index is -0.323. The van der Waals surface area contributed by atoms with Gasteiger partial charge in [-0.2, -0.15) is 0 Å². The highest BCUT2D eigenvalue weighted by Gasteiger charge is 2.19. The van der Waals surface area contributed by atoms with Crippen LogP contribution < -0.4 is 15.5 Å². The summed E-state index contributed by atoms with van der Waals surface area (Å²) in [6, 6.07) is 7.35. The molecule has 1 saturated heterocycles. The Morgan fingerprint density at radius 2 is 1.97 bits per heavy atom. The highest BCUT2D eigenvalue weighted by Crippen LogP contribution is 2.27. The van der Waals surface area contributed by atoms with Crippen molar-refractivity contribution in [3.8, 4) is 0 Å². The van der Waals surface area contributed by atoms with Crippen LogP contribution >= 0.6 is 22.9 Å². The van der Waals surface area contributed by atoms with E-state index >= 15 is 0 Å². The maximum absolute atomic E-state index is 12.7. The van der Waals surface area contributed by atoms with E-state index in [1.54, 1.807) is 11.4 Å². The highest BCUT2D eigenvalue weighted by molar-refractivity contribution is 7.14. The predicted molar refractivity (Wildman–Crippen MR) is 132 cm³/mol. The fourth-order valence-corrected chi connectivity index (χ4v) is 4.60. The number of nitrogens with zero attached hydrogens (tertiary/aromatic N) is 5. The molecule has 1 aliphatic rings. The van der Waals surface area contributed by atoms with Crippen molar-refractivity contribution in [3.63, 3.8) is 0 Å². The molecule has 174 valence electrons. The SMILES string of the molecule is Cc1nc(Nc2nc(C(=O)Nc3c(C)cccc3Cl)cs2)cc(N2CCN(CCO)CC2)n1. The maximum atomic E-state index is 12.7. The normalized spacial score (nSPS) is 14.4. The van der Waals surface area contributed by atoms with Gasteiger partial charge in [0, 0.05) is 44.2 Å². The molecule has 4 rings (SSSR count). The van der Waals surface area contributed by atoms with E-state index in [1.807, 2.05) is 32.0 Å². The molecule has 1 aromatic carbocycles. The van der Waals surface area contributed by atoms with Crippen LogP contribution in [0.5, 0.6) is 0 Å². The van der Waals surface area contributed by atoms with E-state index < -0.39 is 0 Å². The third kappa shape index (κ3) is 5.77. The van der Waals surface area contributed by atoms with Crippen LogP contribution in [0.15, 0.2) is 29.6 Å². The molecule has 0 aliphatic carbocycles. The third-order valence-electron chi connectivity index (χ3n) is 5.37. The largest absolute Gasteiger partial charge is 0.395 e. The van der Waals surface area contributed by atoms with Crippen molar-refractivity contribution >= 4 is 51.3 Å². The topological polar surface area (TPSA) is 107 Å². The summed E-state index contributed by atoms with van der Waals surface area (Å²) in [7, 11) is 0. The van der Waals surface area contributed by atoms with Crippen molar-refractivity contribution in [3.05, 3.63) is 51.7 Å². The number of para-hydroxylation sites is 1. The molecule has 0 radical (unpaired) electrons. The molecule has 3 N–H and O–H groups in total. The summed E-state index contributed by atoms with van der Waals surface area (Å²) >= 11 is 7.54. The molecule has 33 heavy (non-hydrogen) atoms. The van der Waals surface area contributed by atoms with Gasteiger partial charge >= 0.3 is 0 Å². The van der Waals surface area contributed by atoms with Gasteiger partial charge in [0.1, 0.15) is 23.2 Å². The van der Waals surface area contributed by atoms with Gasteiger partial charge in [0.05, 0.1) is 17.3 Å². The van der Waals surface area contributed by atoms with E-state index in [-0.39, 0.29) is 12.5 Å². The molecule has 9 nitrogen and oxygen atoms in total. The van der Waals surface area contributed by atoms with Gasteiger partial charge < -0.3 is 20.6 Å². The van der Waals surface area contributed by atoms with E-state index in [4.69, 9.17) is 16.7 Å². The van der Waals surface area contributed by atoms with Crippen LogP contribution in [0.2, 0.25) is 5.02 Å². The molecule has 3 heterocycles. The van der Waals surface area contributed by atoms with Gasteiger partial charge in [-0.25, -0.2) is 15.0 Å². The number of amides is 1. The average molecular weight is 488 g/mol. The number of piperazine rings is 1. The van der Waals surface area contributed by atoms with E-state index in [2.05, 4.69) is 35.4 Å². The number of hydrogen-bond donors (Lipinski definition) is 3. The second-order valence-corrected chi connectivity index (χ2v) is 9.02. The lowest BCUT2D eigenvalue weighted by Gasteiger charge is -2.35. The molecular weight excluding hydrogens is 462 g/mol. The number of halogens is 1. The lowest BCUT2D eigenvalue weighted by molar-refractivity contribution is 0.102. The van der Waals surface area contributed by atoms with E-state index in [0.717, 1.165) is 37.6 Å². The first kappa shape index (κ1) is 23.4. The zero-order valence-corrected chi connectivity index (χ0v) is 20.1. The van der Waals surface area contributed by atoms with E-state index in [9.17, 15) is 4.79 Å². The van der Waals surface area contributed by atoms with Crippen LogP contribution in [0.1, 0.15) is 21.9 Å². The summed E-state index contributed by atoms with van der Waals surface area (Å²) in [6.07, 6.45) is 0. The smallest absolute Gasteiger partial charge is 0.275 e. The summed E-state index contributed by atoms with van der Waals surface area (Å²) in [5.41, 5.74) is 1.76. The Kier molecular flexibility index (Phi) is 7.39. The lowest BCUT2D eigenvalue weighted by atomic mass is 10.2. The summed E-state index contributed by atoms with van der Waals surface area (Å²) < 4.78 is 0. The average Bonchev–Trinajstić information content (AvgIpc) is 3.25. The number of carbonyl (C=O) groups is 1. The van der Waals surface area contributed by atoms with Crippen LogP contribution in [-0.4, -0.2) is 70.2 Å². The summed E-state index contributed by atoms with van der Waals surface area (Å²) in [4.78, 5) is 30.6. The monoisotopic (exact) mass is 487 g/mol. The van der Waals surface area contributed by atoms with E-state index in [0.29, 0.717) is 39.7 Å². The van der Waals surface area contributed by atoms with Crippen molar-refractivity contribution in [2.24, 2.45) is 0 Å². The lowest BCUT2D eigenvalue weighted by Crippen LogP contribution is -2.47. The Morgan fingerprint density at radius 3 is 2.70 bits per heavy atom. The van der Waals surface area contributed by atoms with E-state index in [1.165, 1.54) is 11.3 Å². The quantitative estimate of drug-likeness (QED) is 0.466. The number of aryl methyl sites for hydroxylation is 2. The number of nitrogens with one attached hydrogen (secondary N) is 2. The first-order valence-corrected chi connectivity index (χ1v) is 11.9. The zero-order valence-electron chi connectivity index (χ0n) is 18.5. The Hall–Kier alpha value is -2.79.